The standard InChI is InChI=1S/C17H22ClF3N2O5.C8H7ClF3NO4S/c1-15(2,3)27-13(24)23(14(25)28-16(4,5)6)9-10-7-12(18)22-8-11(10)26-17(19,20)21;1-18(14,15)16-4-5-2-7(9)13-3-6(5)17-8(10,11)12/h7-8H,9H2,1-6H3;2-3H,4H2,1H3. The molecule has 0 radical (unpaired) electrons. The predicted octanol–water partition coefficient (Wildman–Crippen LogP) is 7.42. The highest BCUT2D eigenvalue weighted by molar-refractivity contribution is 7.85. The molecule has 0 fully saturated rings. The van der Waals surface area contributed by atoms with Gasteiger partial charge in [-0.05, 0) is 53.7 Å². The fourth-order valence-electron chi connectivity index (χ4n) is 2.76. The molecule has 0 unspecified atom stereocenters. The Labute approximate surface area is 269 Å². The lowest BCUT2D eigenvalue weighted by Gasteiger charge is -2.29. The van der Waals surface area contributed by atoms with E-state index < -0.39 is 70.9 Å². The molecule has 2 rings (SSSR count). The topological polar surface area (TPSA) is 143 Å². The van der Waals surface area contributed by atoms with Crippen LogP contribution in [-0.4, -0.2) is 65.7 Å². The number of hydrogen-bond donors (Lipinski definition) is 0. The summed E-state index contributed by atoms with van der Waals surface area (Å²) < 4.78 is 118. The quantitative estimate of drug-likeness (QED) is 0.159. The summed E-state index contributed by atoms with van der Waals surface area (Å²) in [6, 6.07) is 2.07. The Morgan fingerprint density at radius 3 is 1.48 bits per heavy atom. The highest BCUT2D eigenvalue weighted by Crippen LogP contribution is 2.30. The second-order valence-electron chi connectivity index (χ2n) is 10.8. The zero-order valence-electron chi connectivity index (χ0n) is 25.2. The number of nitrogens with zero attached hydrogens (tertiary/aromatic N) is 3. The van der Waals surface area contributed by atoms with Crippen LogP contribution in [0.3, 0.4) is 0 Å². The number of amides is 2. The van der Waals surface area contributed by atoms with Crippen molar-refractivity contribution in [1.29, 1.82) is 0 Å². The van der Waals surface area contributed by atoms with Gasteiger partial charge in [0, 0.05) is 11.1 Å². The molecule has 0 saturated heterocycles. The average Bonchev–Trinajstić information content (AvgIpc) is 2.80. The number of pyridine rings is 2. The van der Waals surface area contributed by atoms with E-state index >= 15 is 0 Å². The molecule has 0 aliphatic rings. The van der Waals surface area contributed by atoms with Gasteiger partial charge in [0.2, 0.25) is 0 Å². The molecule has 2 amide bonds. The van der Waals surface area contributed by atoms with E-state index in [4.69, 9.17) is 32.7 Å². The molecular formula is C25H29Cl2F6N3O9S. The molecule has 0 aliphatic carbocycles. The minimum atomic E-state index is -5.01. The third kappa shape index (κ3) is 17.4. The molecule has 0 N–H and O–H groups in total. The van der Waals surface area contributed by atoms with Crippen LogP contribution in [0.15, 0.2) is 24.5 Å². The van der Waals surface area contributed by atoms with Gasteiger partial charge in [0.1, 0.15) is 21.5 Å². The van der Waals surface area contributed by atoms with Crippen LogP contribution in [0.25, 0.3) is 0 Å². The van der Waals surface area contributed by atoms with E-state index in [1.54, 1.807) is 41.5 Å². The van der Waals surface area contributed by atoms with Crippen molar-refractivity contribution < 1.29 is 67.5 Å². The summed E-state index contributed by atoms with van der Waals surface area (Å²) in [4.78, 5) is 32.4. The predicted molar refractivity (Wildman–Crippen MR) is 150 cm³/mol. The zero-order chi connectivity index (χ0) is 35.9. The molecule has 0 saturated carbocycles. The highest BCUT2D eigenvalue weighted by atomic mass is 35.5. The number of hydrogen-bond acceptors (Lipinski definition) is 11. The van der Waals surface area contributed by atoms with Crippen molar-refractivity contribution in [3.8, 4) is 11.5 Å². The summed E-state index contributed by atoms with van der Waals surface area (Å²) in [6.45, 7) is 8.14. The molecular weight excluding hydrogens is 703 g/mol. The van der Waals surface area contributed by atoms with Gasteiger partial charge in [-0.2, -0.15) is 8.42 Å². The van der Waals surface area contributed by atoms with Crippen LogP contribution in [0.4, 0.5) is 35.9 Å². The second-order valence-corrected chi connectivity index (χ2v) is 13.3. The van der Waals surface area contributed by atoms with E-state index in [2.05, 4.69) is 23.6 Å². The second kappa shape index (κ2) is 15.5. The lowest BCUT2D eigenvalue weighted by atomic mass is 10.2. The summed E-state index contributed by atoms with van der Waals surface area (Å²) in [6.07, 6.45) is -9.90. The molecule has 0 aromatic carbocycles. The summed E-state index contributed by atoms with van der Waals surface area (Å²) in [5, 5.41) is -0.269. The van der Waals surface area contributed by atoms with Gasteiger partial charge in [0.25, 0.3) is 10.1 Å². The van der Waals surface area contributed by atoms with Crippen molar-refractivity contribution in [1.82, 2.24) is 14.9 Å². The summed E-state index contributed by atoms with van der Waals surface area (Å²) in [5.74, 6) is -1.38. The molecule has 2 heterocycles. The number of halogens is 8. The molecule has 0 bridgehead atoms. The van der Waals surface area contributed by atoms with Gasteiger partial charge in [0.05, 0.1) is 31.8 Å². The van der Waals surface area contributed by atoms with E-state index in [1.165, 1.54) is 0 Å². The Kier molecular flexibility index (Phi) is 13.8. The van der Waals surface area contributed by atoms with E-state index in [9.17, 15) is 44.3 Å². The largest absolute Gasteiger partial charge is 0.573 e. The lowest BCUT2D eigenvalue weighted by molar-refractivity contribution is -0.276. The first kappa shape index (κ1) is 40.7. The van der Waals surface area contributed by atoms with E-state index in [0.29, 0.717) is 4.90 Å². The molecule has 2 aromatic heterocycles. The summed E-state index contributed by atoms with van der Waals surface area (Å²) >= 11 is 11.2. The Morgan fingerprint density at radius 1 is 0.761 bits per heavy atom. The highest BCUT2D eigenvalue weighted by Gasteiger charge is 2.36. The minimum Gasteiger partial charge on any atom is -0.443 e. The number of ether oxygens (including phenoxy) is 4. The van der Waals surface area contributed by atoms with Gasteiger partial charge < -0.3 is 18.9 Å². The third-order valence-electron chi connectivity index (χ3n) is 4.27. The lowest BCUT2D eigenvalue weighted by Crippen LogP contribution is -2.43. The van der Waals surface area contributed by atoms with E-state index in [0.717, 1.165) is 30.8 Å². The molecule has 2 aromatic rings. The Hall–Kier alpha value is -3.29. The van der Waals surface area contributed by atoms with Crippen molar-refractivity contribution in [2.75, 3.05) is 6.26 Å². The number of imide groups is 1. The molecule has 0 spiro atoms. The zero-order valence-corrected chi connectivity index (χ0v) is 27.5. The summed E-state index contributed by atoms with van der Waals surface area (Å²) in [5.41, 5.74) is -2.32. The summed E-state index contributed by atoms with van der Waals surface area (Å²) in [7, 11) is -3.80. The number of aromatic nitrogens is 2. The van der Waals surface area contributed by atoms with Crippen molar-refractivity contribution in [2.24, 2.45) is 0 Å². The van der Waals surface area contributed by atoms with E-state index in [1.807, 2.05) is 0 Å². The molecule has 12 nitrogen and oxygen atoms in total. The monoisotopic (exact) mass is 731 g/mol. The van der Waals surface area contributed by atoms with Gasteiger partial charge in [-0.3, -0.25) is 4.18 Å². The van der Waals surface area contributed by atoms with Gasteiger partial charge in [-0.15, -0.1) is 26.3 Å². The van der Waals surface area contributed by atoms with Gasteiger partial charge in [0.15, 0.2) is 11.5 Å². The van der Waals surface area contributed by atoms with Crippen LogP contribution in [-0.2, 0) is 36.9 Å². The number of carbonyl (C=O) groups is 2. The van der Waals surface area contributed by atoms with Crippen LogP contribution in [0, 0.1) is 0 Å². The fourth-order valence-corrected chi connectivity index (χ4v) is 3.46. The van der Waals surface area contributed by atoms with Crippen LogP contribution in [0.5, 0.6) is 11.5 Å². The van der Waals surface area contributed by atoms with Crippen molar-refractivity contribution >= 4 is 45.5 Å². The maximum atomic E-state index is 12.6. The van der Waals surface area contributed by atoms with Gasteiger partial charge in [-0.25, -0.2) is 24.5 Å². The smallest absolute Gasteiger partial charge is 0.443 e. The number of rotatable bonds is 7. The van der Waals surface area contributed by atoms with Crippen molar-refractivity contribution in [3.05, 3.63) is 46.0 Å². The molecule has 0 atom stereocenters. The normalized spacial score (nSPS) is 12.4. The molecule has 0 aliphatic heterocycles. The first-order chi connectivity index (χ1) is 20.5. The number of alkyl halides is 6. The first-order valence-corrected chi connectivity index (χ1v) is 15.0. The van der Waals surface area contributed by atoms with Gasteiger partial charge in [-0.1, -0.05) is 23.2 Å². The van der Waals surface area contributed by atoms with E-state index in [-0.39, 0.29) is 21.4 Å². The van der Waals surface area contributed by atoms with Crippen molar-refractivity contribution in [2.45, 2.75) is 78.6 Å². The van der Waals surface area contributed by atoms with Crippen LogP contribution in [0.2, 0.25) is 10.3 Å². The Balaban J connectivity index is 0.000000506. The molecule has 260 valence electrons. The fraction of sp³-hybridized carbons (Fsp3) is 0.520. The maximum absolute atomic E-state index is 12.6. The maximum Gasteiger partial charge on any atom is 0.573 e. The van der Waals surface area contributed by atoms with Crippen molar-refractivity contribution in [3.63, 3.8) is 0 Å². The molecule has 46 heavy (non-hydrogen) atoms. The van der Waals surface area contributed by atoms with Crippen LogP contribution in [0.1, 0.15) is 52.7 Å². The number of carbonyl (C=O) groups excluding carboxylic acids is 2. The first-order valence-electron chi connectivity index (χ1n) is 12.4. The minimum absolute atomic E-state index is 0.114. The van der Waals surface area contributed by atoms with Gasteiger partial charge >= 0.3 is 24.9 Å². The average molecular weight is 732 g/mol. The van der Waals surface area contributed by atoms with Crippen LogP contribution >= 0.6 is 23.2 Å². The SMILES string of the molecule is CC(C)(C)OC(=O)N(Cc1cc(Cl)ncc1OC(F)(F)F)C(=O)OC(C)(C)C.CS(=O)(=O)OCc1cc(Cl)ncc1OC(F)(F)F. The Morgan fingerprint density at radius 2 is 1.13 bits per heavy atom. The molecule has 21 heteroatoms. The Bertz CT molecular complexity index is 1450. The third-order valence-corrected chi connectivity index (χ3v) is 5.23. The van der Waals surface area contributed by atoms with Crippen LogP contribution < -0.4 is 9.47 Å².